The van der Waals surface area contributed by atoms with E-state index in [1.165, 1.54) is 6.42 Å². The number of carboxylic acids is 1. The third-order valence-corrected chi connectivity index (χ3v) is 4.33. The molecule has 0 radical (unpaired) electrons. The standard InChI is InChI=1S/C15H19ClO3/c1-19-13-9-11(10-14(17)18)5-6-12(13)15(16)7-3-2-4-8-15/h5-6,9H,2-4,7-8,10H2,1H3,(H,17,18). The van der Waals surface area contributed by atoms with Crippen molar-refractivity contribution in [3.05, 3.63) is 29.3 Å². The lowest BCUT2D eigenvalue weighted by Crippen LogP contribution is -2.23. The molecule has 0 heterocycles. The van der Waals surface area contributed by atoms with Crippen LogP contribution in [0.4, 0.5) is 0 Å². The first-order chi connectivity index (χ1) is 9.05. The minimum Gasteiger partial charge on any atom is -0.496 e. The Hall–Kier alpha value is -1.22. The predicted molar refractivity (Wildman–Crippen MR) is 74.9 cm³/mol. The summed E-state index contributed by atoms with van der Waals surface area (Å²) in [4.78, 5) is 10.4. The molecule has 1 fully saturated rings. The fourth-order valence-corrected chi connectivity index (χ4v) is 3.20. The van der Waals surface area contributed by atoms with Crippen LogP contribution in [0.2, 0.25) is 0 Å². The molecule has 3 nitrogen and oxygen atoms in total. The molecular weight excluding hydrogens is 264 g/mol. The Morgan fingerprint density at radius 3 is 2.63 bits per heavy atom. The van der Waals surface area contributed by atoms with Crippen LogP contribution in [0.5, 0.6) is 5.75 Å². The van der Waals surface area contributed by atoms with Crippen LogP contribution in [0, 0.1) is 0 Å². The molecule has 1 saturated carbocycles. The van der Waals surface area contributed by atoms with Gasteiger partial charge in [0.05, 0.1) is 18.4 Å². The first kappa shape index (κ1) is 14.2. The van der Waals surface area contributed by atoms with E-state index in [1.807, 2.05) is 12.1 Å². The number of benzene rings is 1. The summed E-state index contributed by atoms with van der Waals surface area (Å²) in [5.74, 6) is -0.135. The smallest absolute Gasteiger partial charge is 0.307 e. The van der Waals surface area contributed by atoms with Crippen LogP contribution in [-0.4, -0.2) is 18.2 Å². The number of hydrogen-bond donors (Lipinski definition) is 1. The molecule has 0 amide bonds. The van der Waals surface area contributed by atoms with Gasteiger partial charge in [-0.1, -0.05) is 31.4 Å². The second-order valence-corrected chi connectivity index (χ2v) is 5.85. The number of ether oxygens (including phenoxy) is 1. The Bertz CT molecular complexity index is 464. The van der Waals surface area contributed by atoms with Gasteiger partial charge >= 0.3 is 5.97 Å². The van der Waals surface area contributed by atoms with Gasteiger partial charge in [-0.05, 0) is 24.5 Å². The molecule has 1 aromatic carbocycles. The van der Waals surface area contributed by atoms with E-state index in [1.54, 1.807) is 13.2 Å². The lowest BCUT2D eigenvalue weighted by atomic mass is 9.82. The largest absolute Gasteiger partial charge is 0.496 e. The van der Waals surface area contributed by atoms with Crippen molar-refractivity contribution >= 4 is 17.6 Å². The molecule has 19 heavy (non-hydrogen) atoms. The van der Waals surface area contributed by atoms with Gasteiger partial charge in [-0.25, -0.2) is 0 Å². The summed E-state index contributed by atoms with van der Waals surface area (Å²) in [7, 11) is 1.60. The normalized spacial score (nSPS) is 18.0. The molecule has 0 spiro atoms. The van der Waals surface area contributed by atoms with Gasteiger partial charge in [0.15, 0.2) is 0 Å². The van der Waals surface area contributed by atoms with Crippen molar-refractivity contribution in [1.29, 1.82) is 0 Å². The third-order valence-electron chi connectivity index (χ3n) is 3.75. The molecule has 2 rings (SSSR count). The average molecular weight is 283 g/mol. The first-order valence-electron chi connectivity index (χ1n) is 6.63. The quantitative estimate of drug-likeness (QED) is 0.856. The number of aliphatic carboxylic acids is 1. The highest BCUT2D eigenvalue weighted by Gasteiger charge is 2.34. The Labute approximate surface area is 118 Å². The van der Waals surface area contributed by atoms with Crippen molar-refractivity contribution in [1.82, 2.24) is 0 Å². The van der Waals surface area contributed by atoms with Crippen LogP contribution in [0.15, 0.2) is 18.2 Å². The molecule has 4 heteroatoms. The monoisotopic (exact) mass is 282 g/mol. The number of carboxylic acid groups (broad SMARTS) is 1. The summed E-state index contributed by atoms with van der Waals surface area (Å²) in [6.45, 7) is 0. The zero-order valence-corrected chi connectivity index (χ0v) is 11.9. The summed E-state index contributed by atoms with van der Waals surface area (Å²) in [5, 5.41) is 8.83. The minimum absolute atomic E-state index is 0.00588. The molecule has 0 aromatic heterocycles. The van der Waals surface area contributed by atoms with Crippen molar-refractivity contribution in [3.63, 3.8) is 0 Å². The summed E-state index contributed by atoms with van der Waals surface area (Å²) in [5.41, 5.74) is 1.73. The molecule has 1 aliphatic rings. The van der Waals surface area contributed by atoms with E-state index in [9.17, 15) is 4.79 Å². The highest BCUT2D eigenvalue weighted by atomic mass is 35.5. The SMILES string of the molecule is COc1cc(CC(=O)O)ccc1C1(Cl)CCCCC1. The second kappa shape index (κ2) is 5.83. The summed E-state index contributed by atoms with van der Waals surface area (Å²) < 4.78 is 5.41. The fraction of sp³-hybridized carbons (Fsp3) is 0.533. The van der Waals surface area contributed by atoms with Crippen LogP contribution < -0.4 is 4.74 Å². The highest BCUT2D eigenvalue weighted by molar-refractivity contribution is 6.24. The lowest BCUT2D eigenvalue weighted by molar-refractivity contribution is -0.136. The van der Waals surface area contributed by atoms with Gasteiger partial charge in [-0.2, -0.15) is 0 Å². The number of rotatable bonds is 4. The summed E-state index contributed by atoms with van der Waals surface area (Å²) in [6.07, 6.45) is 5.39. The number of alkyl halides is 1. The maximum absolute atomic E-state index is 10.8. The van der Waals surface area contributed by atoms with Crippen LogP contribution >= 0.6 is 11.6 Å². The van der Waals surface area contributed by atoms with Gasteiger partial charge in [0.25, 0.3) is 0 Å². The van der Waals surface area contributed by atoms with Crippen molar-refractivity contribution in [3.8, 4) is 5.75 Å². The number of carbonyl (C=O) groups is 1. The Morgan fingerprint density at radius 1 is 1.37 bits per heavy atom. The molecule has 0 atom stereocenters. The lowest BCUT2D eigenvalue weighted by Gasteiger charge is -2.32. The van der Waals surface area contributed by atoms with E-state index >= 15 is 0 Å². The molecule has 0 saturated heterocycles. The predicted octanol–water partition coefficient (Wildman–Crippen LogP) is 3.72. The van der Waals surface area contributed by atoms with Gasteiger partial charge in [0.2, 0.25) is 0 Å². The van der Waals surface area contributed by atoms with E-state index in [2.05, 4.69) is 0 Å². The van der Waals surface area contributed by atoms with E-state index in [0.717, 1.165) is 36.8 Å². The van der Waals surface area contributed by atoms with Crippen molar-refractivity contribution < 1.29 is 14.6 Å². The van der Waals surface area contributed by atoms with Gasteiger partial charge < -0.3 is 9.84 Å². The van der Waals surface area contributed by atoms with Crippen molar-refractivity contribution in [2.45, 2.75) is 43.4 Å². The molecule has 1 N–H and O–H groups in total. The van der Waals surface area contributed by atoms with Crippen LogP contribution in [0.1, 0.15) is 43.2 Å². The van der Waals surface area contributed by atoms with E-state index in [0.29, 0.717) is 5.75 Å². The second-order valence-electron chi connectivity index (χ2n) is 5.13. The zero-order valence-electron chi connectivity index (χ0n) is 11.1. The summed E-state index contributed by atoms with van der Waals surface area (Å²) in [6, 6.07) is 5.56. The van der Waals surface area contributed by atoms with Gasteiger partial charge in [-0.15, -0.1) is 11.6 Å². The highest BCUT2D eigenvalue weighted by Crippen LogP contribution is 2.46. The maximum Gasteiger partial charge on any atom is 0.307 e. The minimum atomic E-state index is -0.840. The summed E-state index contributed by atoms with van der Waals surface area (Å²) >= 11 is 6.75. The van der Waals surface area contributed by atoms with Gasteiger partial charge in [-0.3, -0.25) is 4.79 Å². The number of halogens is 1. The molecule has 104 valence electrons. The molecule has 0 aliphatic heterocycles. The molecule has 0 unspecified atom stereocenters. The van der Waals surface area contributed by atoms with E-state index < -0.39 is 5.97 Å². The van der Waals surface area contributed by atoms with Crippen LogP contribution in [0.25, 0.3) is 0 Å². The maximum atomic E-state index is 10.8. The Kier molecular flexibility index (Phi) is 4.35. The number of hydrogen-bond acceptors (Lipinski definition) is 2. The number of methoxy groups -OCH3 is 1. The average Bonchev–Trinajstić information content (AvgIpc) is 2.38. The molecule has 1 aliphatic carbocycles. The fourth-order valence-electron chi connectivity index (χ4n) is 2.77. The van der Waals surface area contributed by atoms with Crippen LogP contribution in [0.3, 0.4) is 0 Å². The van der Waals surface area contributed by atoms with E-state index in [4.69, 9.17) is 21.4 Å². The van der Waals surface area contributed by atoms with Crippen molar-refractivity contribution in [2.24, 2.45) is 0 Å². The van der Waals surface area contributed by atoms with E-state index in [-0.39, 0.29) is 11.3 Å². The molecule has 0 bridgehead atoms. The molecule has 1 aromatic rings. The van der Waals surface area contributed by atoms with Crippen molar-refractivity contribution in [2.75, 3.05) is 7.11 Å². The van der Waals surface area contributed by atoms with Crippen LogP contribution in [-0.2, 0) is 16.1 Å². The van der Waals surface area contributed by atoms with Gasteiger partial charge in [0, 0.05) is 5.56 Å². The first-order valence-corrected chi connectivity index (χ1v) is 7.01. The topological polar surface area (TPSA) is 46.5 Å². The molecular formula is C15H19ClO3. The zero-order chi connectivity index (χ0) is 13.9. The Morgan fingerprint density at radius 2 is 2.05 bits per heavy atom. The van der Waals surface area contributed by atoms with Gasteiger partial charge in [0.1, 0.15) is 5.75 Å². The Balaban J connectivity index is 2.32. The third kappa shape index (κ3) is 3.21.